The number of hydrogen-bond donors (Lipinski definition) is 0. The van der Waals surface area contributed by atoms with Gasteiger partial charge in [0, 0.05) is 5.02 Å². The number of aryl methyl sites for hydroxylation is 1. The van der Waals surface area contributed by atoms with Crippen LogP contribution in [-0.4, -0.2) is 0 Å². The molecule has 0 amide bonds. The molecule has 0 saturated heterocycles. The molecule has 1 rings (SSSR count). The van der Waals surface area contributed by atoms with Crippen LogP contribution in [0.3, 0.4) is 0 Å². The van der Waals surface area contributed by atoms with E-state index in [1.54, 1.807) is 6.92 Å². The number of halogens is 4. The molecule has 1 aromatic carbocycles. The molecule has 0 unspecified atom stereocenters. The van der Waals surface area contributed by atoms with E-state index in [0.717, 1.165) is 12.1 Å². The van der Waals surface area contributed by atoms with Gasteiger partial charge in [-0.25, -0.2) is 0 Å². The van der Waals surface area contributed by atoms with Crippen LogP contribution >= 0.6 is 11.6 Å². The van der Waals surface area contributed by atoms with Crippen molar-refractivity contribution in [2.75, 3.05) is 0 Å². The van der Waals surface area contributed by atoms with Crippen molar-refractivity contribution in [3.8, 4) is 0 Å². The maximum Gasteiger partial charge on any atom is 0.416 e. The first-order chi connectivity index (χ1) is 6.41. The van der Waals surface area contributed by atoms with E-state index in [9.17, 15) is 13.2 Å². The van der Waals surface area contributed by atoms with Crippen LogP contribution in [0.4, 0.5) is 13.2 Å². The molecule has 0 bridgehead atoms. The third kappa shape index (κ3) is 3.58. The summed E-state index contributed by atoms with van der Waals surface area (Å²) in [4.78, 5) is 0. The summed E-state index contributed by atoms with van der Waals surface area (Å²) in [5.74, 6) is 0. The predicted molar refractivity (Wildman–Crippen MR) is 52.5 cm³/mol. The van der Waals surface area contributed by atoms with Crippen molar-refractivity contribution in [1.29, 1.82) is 0 Å². The summed E-state index contributed by atoms with van der Waals surface area (Å²) >= 11 is 5.52. The lowest BCUT2D eigenvalue weighted by atomic mass is 10.1. The zero-order chi connectivity index (χ0) is 11.4. The SMILES string of the molecule is CC.Cc1ccc(C(F)(F)F)cc1Cl. The molecule has 0 atom stereocenters. The Morgan fingerprint density at radius 3 is 2.00 bits per heavy atom. The van der Waals surface area contributed by atoms with E-state index in [-0.39, 0.29) is 5.02 Å². The Kier molecular flexibility index (Phi) is 4.99. The van der Waals surface area contributed by atoms with Gasteiger partial charge in [-0.15, -0.1) is 0 Å². The fourth-order valence-corrected chi connectivity index (χ4v) is 0.950. The van der Waals surface area contributed by atoms with Crippen LogP contribution in [0.2, 0.25) is 5.02 Å². The molecule has 4 heteroatoms. The Bertz CT molecular complexity index is 292. The van der Waals surface area contributed by atoms with E-state index in [4.69, 9.17) is 11.6 Å². The maximum atomic E-state index is 12.0. The van der Waals surface area contributed by atoms with Gasteiger partial charge in [0.15, 0.2) is 0 Å². The molecule has 0 radical (unpaired) electrons. The minimum Gasteiger partial charge on any atom is -0.166 e. The molecule has 14 heavy (non-hydrogen) atoms. The third-order valence-corrected chi connectivity index (χ3v) is 1.91. The molecule has 0 aliphatic carbocycles. The van der Waals surface area contributed by atoms with E-state index in [1.807, 2.05) is 13.8 Å². The molecule has 0 nitrogen and oxygen atoms in total. The van der Waals surface area contributed by atoms with Crippen LogP contribution < -0.4 is 0 Å². The first kappa shape index (κ1) is 13.3. The quantitative estimate of drug-likeness (QED) is 0.600. The standard InChI is InChI=1S/C8H6ClF3.C2H6/c1-5-2-3-6(4-7(5)9)8(10,11)12;1-2/h2-4H,1H3;1-2H3. The summed E-state index contributed by atoms with van der Waals surface area (Å²) in [6, 6.07) is 3.29. The second-order valence-electron chi connectivity index (χ2n) is 2.46. The van der Waals surface area contributed by atoms with Gasteiger partial charge in [0.2, 0.25) is 0 Å². The monoisotopic (exact) mass is 224 g/mol. The average molecular weight is 225 g/mol. The fraction of sp³-hybridized carbons (Fsp3) is 0.400. The highest BCUT2D eigenvalue weighted by atomic mass is 35.5. The summed E-state index contributed by atoms with van der Waals surface area (Å²) < 4.78 is 36.1. The van der Waals surface area contributed by atoms with E-state index >= 15 is 0 Å². The normalized spacial score (nSPS) is 10.5. The number of hydrogen-bond acceptors (Lipinski definition) is 0. The van der Waals surface area contributed by atoms with E-state index in [1.165, 1.54) is 6.07 Å². The number of rotatable bonds is 0. The van der Waals surface area contributed by atoms with Crippen LogP contribution in [0, 0.1) is 6.92 Å². The molecule has 0 aliphatic heterocycles. The highest BCUT2D eigenvalue weighted by Crippen LogP contribution is 2.31. The highest BCUT2D eigenvalue weighted by molar-refractivity contribution is 6.31. The van der Waals surface area contributed by atoms with Crippen molar-refractivity contribution in [1.82, 2.24) is 0 Å². The van der Waals surface area contributed by atoms with E-state index in [0.29, 0.717) is 5.56 Å². The topological polar surface area (TPSA) is 0 Å². The average Bonchev–Trinajstić information content (AvgIpc) is 2.11. The van der Waals surface area contributed by atoms with Crippen LogP contribution in [0.15, 0.2) is 18.2 Å². The summed E-state index contributed by atoms with van der Waals surface area (Å²) in [5.41, 5.74) is -0.0669. The summed E-state index contributed by atoms with van der Waals surface area (Å²) in [6.07, 6.45) is -4.31. The van der Waals surface area contributed by atoms with Gasteiger partial charge in [0.05, 0.1) is 5.56 Å². The Hall–Kier alpha value is -0.700. The summed E-state index contributed by atoms with van der Waals surface area (Å²) in [7, 11) is 0. The highest BCUT2D eigenvalue weighted by Gasteiger charge is 2.30. The first-order valence-corrected chi connectivity index (χ1v) is 4.62. The number of benzene rings is 1. The van der Waals surface area contributed by atoms with Crippen molar-refractivity contribution < 1.29 is 13.2 Å². The second kappa shape index (κ2) is 5.25. The van der Waals surface area contributed by atoms with Crippen LogP contribution in [0.1, 0.15) is 25.0 Å². The van der Waals surface area contributed by atoms with Gasteiger partial charge < -0.3 is 0 Å². The van der Waals surface area contributed by atoms with Crippen LogP contribution in [0.25, 0.3) is 0 Å². The van der Waals surface area contributed by atoms with Gasteiger partial charge in [0.25, 0.3) is 0 Å². The predicted octanol–water partition coefficient (Wildman–Crippen LogP) is 4.69. The Morgan fingerprint density at radius 1 is 1.14 bits per heavy atom. The Labute approximate surface area is 86.7 Å². The minimum atomic E-state index is -4.31. The van der Waals surface area contributed by atoms with Gasteiger partial charge in [0.1, 0.15) is 0 Å². The molecule has 0 N–H and O–H groups in total. The minimum absolute atomic E-state index is 0.143. The molecular weight excluding hydrogens is 213 g/mol. The van der Waals surface area contributed by atoms with Gasteiger partial charge >= 0.3 is 6.18 Å². The van der Waals surface area contributed by atoms with Crippen LogP contribution in [-0.2, 0) is 6.18 Å². The lowest BCUT2D eigenvalue weighted by molar-refractivity contribution is -0.137. The zero-order valence-electron chi connectivity index (χ0n) is 8.24. The van der Waals surface area contributed by atoms with Gasteiger partial charge in [-0.3, -0.25) is 0 Å². The van der Waals surface area contributed by atoms with Gasteiger partial charge in [-0.05, 0) is 24.6 Å². The third-order valence-electron chi connectivity index (χ3n) is 1.50. The van der Waals surface area contributed by atoms with Crippen molar-refractivity contribution in [2.24, 2.45) is 0 Å². The fourth-order valence-electron chi connectivity index (χ4n) is 0.769. The largest absolute Gasteiger partial charge is 0.416 e. The van der Waals surface area contributed by atoms with Crippen molar-refractivity contribution in [3.63, 3.8) is 0 Å². The number of alkyl halides is 3. The van der Waals surface area contributed by atoms with Gasteiger partial charge in [-0.1, -0.05) is 31.5 Å². The summed E-state index contributed by atoms with van der Waals surface area (Å²) in [6.45, 7) is 5.66. The zero-order valence-corrected chi connectivity index (χ0v) is 9.00. The molecule has 0 aliphatic rings. The van der Waals surface area contributed by atoms with Crippen molar-refractivity contribution in [3.05, 3.63) is 34.3 Å². The van der Waals surface area contributed by atoms with Gasteiger partial charge in [-0.2, -0.15) is 13.2 Å². The molecule has 80 valence electrons. The molecule has 0 aromatic heterocycles. The molecule has 0 spiro atoms. The van der Waals surface area contributed by atoms with E-state index in [2.05, 4.69) is 0 Å². The molecule has 1 aromatic rings. The summed E-state index contributed by atoms with van der Waals surface area (Å²) in [5, 5.41) is 0.143. The molecule has 0 fully saturated rings. The lowest BCUT2D eigenvalue weighted by Crippen LogP contribution is -2.04. The lowest BCUT2D eigenvalue weighted by Gasteiger charge is -2.07. The Morgan fingerprint density at radius 2 is 1.64 bits per heavy atom. The smallest absolute Gasteiger partial charge is 0.166 e. The molecule has 0 heterocycles. The molecule has 0 saturated carbocycles. The van der Waals surface area contributed by atoms with E-state index < -0.39 is 11.7 Å². The van der Waals surface area contributed by atoms with Crippen molar-refractivity contribution in [2.45, 2.75) is 26.9 Å². The van der Waals surface area contributed by atoms with Crippen LogP contribution in [0.5, 0.6) is 0 Å². The Balaban J connectivity index is 0.000000791. The molecular formula is C10H12ClF3. The van der Waals surface area contributed by atoms with Crippen molar-refractivity contribution >= 4 is 11.6 Å². The maximum absolute atomic E-state index is 12.0. The second-order valence-corrected chi connectivity index (χ2v) is 2.87. The first-order valence-electron chi connectivity index (χ1n) is 4.24.